The van der Waals surface area contributed by atoms with Crippen LogP contribution in [0.4, 0.5) is 0 Å². The molecule has 0 bridgehead atoms. The molecular formula is C17H24N2O. The summed E-state index contributed by atoms with van der Waals surface area (Å²) in [5.41, 5.74) is 8.30. The van der Waals surface area contributed by atoms with Crippen molar-refractivity contribution in [2.24, 2.45) is 11.7 Å². The Morgan fingerprint density at radius 3 is 3.00 bits per heavy atom. The zero-order chi connectivity index (χ0) is 13.9. The lowest BCUT2D eigenvalue weighted by Crippen LogP contribution is -2.34. The quantitative estimate of drug-likeness (QED) is 0.929. The second-order valence-corrected chi connectivity index (χ2v) is 6.01. The van der Waals surface area contributed by atoms with Gasteiger partial charge in [-0.1, -0.05) is 25.1 Å². The lowest BCUT2D eigenvalue weighted by molar-refractivity contribution is 0.208. The SMILES string of the molecule is CC1CCCN(C(CN)c2coc3ccccc23)CC1. The highest BCUT2D eigenvalue weighted by atomic mass is 16.3. The molecule has 2 heterocycles. The van der Waals surface area contributed by atoms with Crippen LogP contribution >= 0.6 is 0 Å². The van der Waals surface area contributed by atoms with Crippen molar-refractivity contribution in [2.45, 2.75) is 32.2 Å². The number of furan rings is 1. The molecule has 0 aliphatic carbocycles. The minimum atomic E-state index is 0.281. The molecule has 3 heteroatoms. The van der Waals surface area contributed by atoms with Crippen LogP contribution in [0.1, 0.15) is 37.8 Å². The van der Waals surface area contributed by atoms with Crippen molar-refractivity contribution < 1.29 is 4.42 Å². The maximum absolute atomic E-state index is 6.09. The summed E-state index contributed by atoms with van der Waals surface area (Å²) < 4.78 is 5.69. The second-order valence-electron chi connectivity index (χ2n) is 6.01. The Bertz CT molecular complexity index is 563. The highest BCUT2D eigenvalue weighted by molar-refractivity contribution is 5.81. The summed E-state index contributed by atoms with van der Waals surface area (Å²) >= 11 is 0. The first-order chi connectivity index (χ1) is 9.79. The van der Waals surface area contributed by atoms with Crippen molar-refractivity contribution in [2.75, 3.05) is 19.6 Å². The van der Waals surface area contributed by atoms with Gasteiger partial charge in [0.15, 0.2) is 0 Å². The number of nitrogens with zero attached hydrogens (tertiary/aromatic N) is 1. The third-order valence-electron chi connectivity index (χ3n) is 4.59. The molecule has 20 heavy (non-hydrogen) atoms. The van der Waals surface area contributed by atoms with Gasteiger partial charge in [-0.25, -0.2) is 0 Å². The van der Waals surface area contributed by atoms with E-state index in [0.717, 1.165) is 24.6 Å². The normalized spacial score (nSPS) is 22.8. The Labute approximate surface area is 120 Å². The predicted octanol–water partition coefficient (Wildman–Crippen LogP) is 3.55. The van der Waals surface area contributed by atoms with Crippen LogP contribution in [-0.4, -0.2) is 24.5 Å². The number of hydrogen-bond donors (Lipinski definition) is 1. The number of hydrogen-bond acceptors (Lipinski definition) is 3. The minimum absolute atomic E-state index is 0.281. The molecule has 1 aromatic carbocycles. The van der Waals surface area contributed by atoms with Crippen molar-refractivity contribution >= 4 is 11.0 Å². The summed E-state index contributed by atoms with van der Waals surface area (Å²) in [7, 11) is 0. The first kappa shape index (κ1) is 13.7. The lowest BCUT2D eigenvalue weighted by atomic mass is 10.0. The molecule has 2 atom stereocenters. The fraction of sp³-hybridized carbons (Fsp3) is 0.529. The van der Waals surface area contributed by atoms with E-state index in [-0.39, 0.29) is 6.04 Å². The first-order valence-electron chi connectivity index (χ1n) is 7.70. The molecule has 2 N–H and O–H groups in total. The van der Waals surface area contributed by atoms with Gasteiger partial charge in [-0.05, 0) is 44.3 Å². The summed E-state index contributed by atoms with van der Waals surface area (Å²) in [6.45, 7) is 5.29. The van der Waals surface area contributed by atoms with Gasteiger partial charge in [0.1, 0.15) is 5.58 Å². The maximum Gasteiger partial charge on any atom is 0.134 e. The zero-order valence-corrected chi connectivity index (χ0v) is 12.2. The zero-order valence-electron chi connectivity index (χ0n) is 12.2. The van der Waals surface area contributed by atoms with Crippen LogP contribution in [0.2, 0.25) is 0 Å². The van der Waals surface area contributed by atoms with Crippen LogP contribution in [0.15, 0.2) is 34.9 Å². The van der Waals surface area contributed by atoms with E-state index in [1.54, 1.807) is 0 Å². The molecule has 3 rings (SSSR count). The van der Waals surface area contributed by atoms with Crippen molar-refractivity contribution in [3.05, 3.63) is 36.1 Å². The van der Waals surface area contributed by atoms with E-state index in [0.29, 0.717) is 6.54 Å². The molecule has 1 fully saturated rings. The van der Waals surface area contributed by atoms with Gasteiger partial charge >= 0.3 is 0 Å². The second kappa shape index (κ2) is 5.98. The summed E-state index contributed by atoms with van der Waals surface area (Å²) in [5.74, 6) is 0.833. The molecule has 1 aromatic heterocycles. The maximum atomic E-state index is 6.09. The number of rotatable bonds is 3. The van der Waals surface area contributed by atoms with Gasteiger partial charge in [0.25, 0.3) is 0 Å². The minimum Gasteiger partial charge on any atom is -0.464 e. The molecule has 1 aliphatic heterocycles. The van der Waals surface area contributed by atoms with Crippen LogP contribution in [0.3, 0.4) is 0 Å². The van der Waals surface area contributed by atoms with Gasteiger partial charge in [0.05, 0.1) is 12.3 Å². The molecule has 0 saturated carbocycles. The topological polar surface area (TPSA) is 42.4 Å². The number of benzene rings is 1. The van der Waals surface area contributed by atoms with Crippen LogP contribution in [0.25, 0.3) is 11.0 Å². The molecule has 108 valence electrons. The number of para-hydroxylation sites is 1. The molecule has 2 unspecified atom stereocenters. The highest BCUT2D eigenvalue weighted by Crippen LogP contribution is 2.31. The Kier molecular flexibility index (Phi) is 4.08. The summed E-state index contributed by atoms with van der Waals surface area (Å²) in [6.07, 6.45) is 5.77. The van der Waals surface area contributed by atoms with Gasteiger partial charge in [0, 0.05) is 17.5 Å². The third kappa shape index (κ3) is 2.60. The fourth-order valence-corrected chi connectivity index (χ4v) is 3.33. The average molecular weight is 272 g/mol. The lowest BCUT2D eigenvalue weighted by Gasteiger charge is -2.29. The molecule has 1 aliphatic rings. The van der Waals surface area contributed by atoms with E-state index < -0.39 is 0 Å². The van der Waals surface area contributed by atoms with E-state index in [1.165, 1.54) is 30.2 Å². The van der Waals surface area contributed by atoms with E-state index >= 15 is 0 Å². The predicted molar refractivity (Wildman–Crippen MR) is 82.6 cm³/mol. The molecule has 2 aromatic rings. The van der Waals surface area contributed by atoms with Crippen molar-refractivity contribution in [1.82, 2.24) is 4.90 Å². The van der Waals surface area contributed by atoms with Gasteiger partial charge in [0.2, 0.25) is 0 Å². The van der Waals surface area contributed by atoms with Gasteiger partial charge in [-0.15, -0.1) is 0 Å². The van der Waals surface area contributed by atoms with E-state index in [9.17, 15) is 0 Å². The molecule has 1 saturated heterocycles. The van der Waals surface area contributed by atoms with E-state index in [4.69, 9.17) is 10.2 Å². The van der Waals surface area contributed by atoms with Gasteiger partial charge in [-0.3, -0.25) is 4.90 Å². The van der Waals surface area contributed by atoms with Crippen molar-refractivity contribution in [3.8, 4) is 0 Å². The summed E-state index contributed by atoms with van der Waals surface area (Å²) in [4.78, 5) is 2.54. The molecule has 3 nitrogen and oxygen atoms in total. The monoisotopic (exact) mass is 272 g/mol. The van der Waals surface area contributed by atoms with E-state index in [2.05, 4.69) is 24.0 Å². The van der Waals surface area contributed by atoms with Crippen LogP contribution < -0.4 is 5.73 Å². The van der Waals surface area contributed by atoms with E-state index in [1.807, 2.05) is 18.4 Å². The smallest absolute Gasteiger partial charge is 0.134 e. The Hall–Kier alpha value is -1.32. The van der Waals surface area contributed by atoms with Gasteiger partial charge < -0.3 is 10.2 Å². The average Bonchev–Trinajstić information content (AvgIpc) is 2.77. The largest absolute Gasteiger partial charge is 0.464 e. The fourth-order valence-electron chi connectivity index (χ4n) is 3.33. The molecule has 0 amide bonds. The van der Waals surface area contributed by atoms with Crippen molar-refractivity contribution in [1.29, 1.82) is 0 Å². The van der Waals surface area contributed by atoms with Crippen LogP contribution in [-0.2, 0) is 0 Å². The Morgan fingerprint density at radius 2 is 2.15 bits per heavy atom. The molecular weight excluding hydrogens is 248 g/mol. The summed E-state index contributed by atoms with van der Waals surface area (Å²) in [5, 5.41) is 1.21. The van der Waals surface area contributed by atoms with Gasteiger partial charge in [-0.2, -0.15) is 0 Å². The Morgan fingerprint density at radius 1 is 1.30 bits per heavy atom. The number of likely N-dealkylation sites (tertiary alicyclic amines) is 1. The van der Waals surface area contributed by atoms with Crippen LogP contribution in [0, 0.1) is 5.92 Å². The van der Waals surface area contributed by atoms with Crippen LogP contribution in [0.5, 0.6) is 0 Å². The summed E-state index contributed by atoms with van der Waals surface area (Å²) in [6, 6.07) is 8.53. The number of fused-ring (bicyclic) bond motifs is 1. The molecule has 0 spiro atoms. The third-order valence-corrected chi connectivity index (χ3v) is 4.59. The first-order valence-corrected chi connectivity index (χ1v) is 7.70. The standard InChI is InChI=1S/C17H24N2O/c1-13-5-4-9-19(10-8-13)16(11-18)15-12-20-17-7-3-2-6-14(15)17/h2-3,6-7,12-13,16H,4-5,8-11,18H2,1H3. The highest BCUT2D eigenvalue weighted by Gasteiger charge is 2.24. The van der Waals surface area contributed by atoms with Crippen molar-refractivity contribution in [3.63, 3.8) is 0 Å². The molecule has 0 radical (unpaired) electrons. The number of nitrogens with two attached hydrogens (primary N) is 1. The Balaban J connectivity index is 1.89.